The Labute approximate surface area is 106 Å². The molecule has 0 heterocycles. The predicted molar refractivity (Wildman–Crippen MR) is 48.2 cm³/mol. The van der Waals surface area contributed by atoms with Gasteiger partial charge in [-0.05, 0) is 34.8 Å². The second-order valence-corrected chi connectivity index (χ2v) is 4.69. The van der Waals surface area contributed by atoms with E-state index in [1.807, 2.05) is 0 Å². The normalized spacial score (nSPS) is 11.8. The van der Waals surface area contributed by atoms with E-state index in [4.69, 9.17) is 34.8 Å². The fraction of sp³-hybridized carbons (Fsp3) is 0.143. The summed E-state index contributed by atoms with van der Waals surface area (Å²) in [4.78, 5) is 7.54. The first-order valence-electron chi connectivity index (χ1n) is 3.59. The van der Waals surface area contributed by atoms with Crippen LogP contribution in [0.2, 0.25) is 0 Å². The molecule has 96 valence electrons. The Hall–Kier alpha value is -0.500. The topological polar surface area (TPSA) is 18.5 Å². The number of hydrogen-bond donors (Lipinski definition) is 0. The average Bonchev–Trinajstić information content (AvgIpc) is 2.22. The summed E-state index contributed by atoms with van der Waals surface area (Å²) in [7, 11) is 0. The lowest BCUT2D eigenvalue weighted by molar-refractivity contribution is -0.218. The smallest absolute Gasteiger partial charge is 0.327 e. The Bertz CT molecular complexity index is 419. The average molecular weight is 317 g/mol. The molecule has 0 amide bonds. The van der Waals surface area contributed by atoms with E-state index in [1.165, 1.54) is 0 Å². The molecule has 10 heteroatoms. The van der Waals surface area contributed by atoms with Crippen LogP contribution >= 0.6 is 34.8 Å². The van der Waals surface area contributed by atoms with Gasteiger partial charge >= 0.3 is 3.98 Å². The fourth-order valence-corrected chi connectivity index (χ4v) is 0.841. The lowest BCUT2D eigenvalue weighted by atomic mass is 10.3. The summed E-state index contributed by atoms with van der Waals surface area (Å²) >= 11 is 14.9. The van der Waals surface area contributed by atoms with Crippen LogP contribution in [0, 0.1) is 29.1 Å². The Morgan fingerprint density at radius 2 is 1.06 bits per heavy atom. The molecule has 1 rings (SSSR count). The standard InChI is InChI=1S/C7Cl3F5O2/c8-7(9,10)17-16-6-4(14)2(12)1(11)3(13)5(6)15. The Balaban J connectivity index is 3.16. The first-order chi connectivity index (χ1) is 7.65. The van der Waals surface area contributed by atoms with Gasteiger partial charge in [-0.1, -0.05) is 0 Å². The monoisotopic (exact) mass is 316 g/mol. The van der Waals surface area contributed by atoms with Gasteiger partial charge in [-0.15, -0.1) is 4.89 Å². The minimum atomic E-state index is -2.56. The van der Waals surface area contributed by atoms with E-state index in [9.17, 15) is 22.0 Å². The number of halogens is 8. The zero-order valence-electron chi connectivity index (χ0n) is 7.34. The minimum Gasteiger partial charge on any atom is -0.327 e. The van der Waals surface area contributed by atoms with Gasteiger partial charge < -0.3 is 4.89 Å². The molecule has 0 fully saturated rings. The second-order valence-electron chi connectivity index (χ2n) is 2.51. The third-order valence-corrected chi connectivity index (χ3v) is 1.58. The van der Waals surface area contributed by atoms with Crippen LogP contribution < -0.4 is 4.89 Å². The Kier molecular flexibility index (Phi) is 4.29. The van der Waals surface area contributed by atoms with Crippen molar-refractivity contribution in [2.75, 3.05) is 0 Å². The van der Waals surface area contributed by atoms with Gasteiger partial charge in [-0.25, -0.2) is 13.2 Å². The molecule has 0 unspecified atom stereocenters. The number of benzene rings is 1. The SMILES string of the molecule is Fc1c(F)c(F)c(OOC(Cl)(Cl)Cl)c(F)c1F. The van der Waals surface area contributed by atoms with E-state index in [0.29, 0.717) is 0 Å². The van der Waals surface area contributed by atoms with Crippen molar-refractivity contribution in [1.29, 1.82) is 0 Å². The Morgan fingerprint density at radius 3 is 1.41 bits per heavy atom. The highest BCUT2D eigenvalue weighted by Crippen LogP contribution is 2.33. The van der Waals surface area contributed by atoms with Gasteiger partial charge in [0.1, 0.15) is 0 Å². The molecule has 17 heavy (non-hydrogen) atoms. The zero-order chi connectivity index (χ0) is 13.4. The molecule has 0 saturated heterocycles. The van der Waals surface area contributed by atoms with Gasteiger partial charge in [0.15, 0.2) is 0 Å². The highest BCUT2D eigenvalue weighted by Gasteiger charge is 2.31. The molecule has 1 aromatic carbocycles. The molecule has 0 atom stereocenters. The largest absolute Gasteiger partial charge is 0.337 e. The number of rotatable bonds is 2. The van der Waals surface area contributed by atoms with Crippen LogP contribution in [0.4, 0.5) is 22.0 Å². The summed E-state index contributed by atoms with van der Waals surface area (Å²) in [6, 6.07) is 0. The van der Waals surface area contributed by atoms with Crippen molar-refractivity contribution in [3.63, 3.8) is 0 Å². The van der Waals surface area contributed by atoms with Crippen LogP contribution in [-0.4, -0.2) is 3.98 Å². The third-order valence-electron chi connectivity index (χ3n) is 1.39. The van der Waals surface area contributed by atoms with Gasteiger partial charge in [0, 0.05) is 0 Å². The quantitative estimate of drug-likeness (QED) is 0.205. The molecule has 0 aliphatic heterocycles. The van der Waals surface area contributed by atoms with Crippen LogP contribution in [0.25, 0.3) is 0 Å². The van der Waals surface area contributed by atoms with Crippen LogP contribution in [0.5, 0.6) is 5.75 Å². The van der Waals surface area contributed by atoms with Crippen molar-refractivity contribution < 1.29 is 31.7 Å². The van der Waals surface area contributed by atoms with Crippen LogP contribution in [-0.2, 0) is 4.89 Å². The van der Waals surface area contributed by atoms with Gasteiger partial charge in [0.05, 0.1) is 0 Å². The van der Waals surface area contributed by atoms with Gasteiger partial charge in [-0.3, -0.25) is 0 Å². The highest BCUT2D eigenvalue weighted by atomic mass is 35.6. The van der Waals surface area contributed by atoms with Crippen molar-refractivity contribution in [3.8, 4) is 5.75 Å². The molecular formula is C7Cl3F5O2. The van der Waals surface area contributed by atoms with E-state index >= 15 is 0 Å². The van der Waals surface area contributed by atoms with E-state index < -0.39 is 38.8 Å². The lowest BCUT2D eigenvalue weighted by Crippen LogP contribution is -2.15. The first kappa shape index (κ1) is 14.6. The molecule has 0 aliphatic carbocycles. The summed E-state index contributed by atoms with van der Waals surface area (Å²) in [5.74, 6) is -13.0. The van der Waals surface area contributed by atoms with Crippen LogP contribution in [0.3, 0.4) is 0 Å². The molecule has 1 aromatic rings. The van der Waals surface area contributed by atoms with Crippen molar-refractivity contribution in [2.45, 2.75) is 3.98 Å². The summed E-state index contributed by atoms with van der Waals surface area (Å²) in [6.07, 6.45) is 0. The molecule has 0 radical (unpaired) electrons. The highest BCUT2D eigenvalue weighted by molar-refractivity contribution is 6.66. The van der Waals surface area contributed by atoms with Crippen LogP contribution in [0.1, 0.15) is 0 Å². The van der Waals surface area contributed by atoms with E-state index in [-0.39, 0.29) is 0 Å². The summed E-state index contributed by atoms with van der Waals surface area (Å²) in [5.41, 5.74) is 0. The molecule has 0 bridgehead atoms. The maximum absolute atomic E-state index is 12.9. The van der Waals surface area contributed by atoms with Gasteiger partial charge in [0.2, 0.25) is 34.8 Å². The fourth-order valence-electron chi connectivity index (χ4n) is 0.747. The molecule has 0 N–H and O–H groups in total. The van der Waals surface area contributed by atoms with E-state index in [2.05, 4.69) is 9.78 Å². The molecule has 2 nitrogen and oxygen atoms in total. The van der Waals surface area contributed by atoms with E-state index in [1.54, 1.807) is 0 Å². The number of alkyl halides is 3. The third kappa shape index (κ3) is 3.25. The van der Waals surface area contributed by atoms with Crippen molar-refractivity contribution in [3.05, 3.63) is 29.1 Å². The molecule has 0 aromatic heterocycles. The van der Waals surface area contributed by atoms with Gasteiger partial charge in [0.25, 0.3) is 0 Å². The van der Waals surface area contributed by atoms with E-state index in [0.717, 1.165) is 0 Å². The zero-order valence-corrected chi connectivity index (χ0v) is 9.61. The molecule has 0 aliphatic rings. The second kappa shape index (κ2) is 5.01. The van der Waals surface area contributed by atoms with Crippen molar-refractivity contribution in [1.82, 2.24) is 0 Å². The minimum absolute atomic E-state index is 1.72. The van der Waals surface area contributed by atoms with Crippen molar-refractivity contribution in [2.24, 2.45) is 0 Å². The molecule has 0 saturated carbocycles. The number of hydrogen-bond acceptors (Lipinski definition) is 2. The maximum atomic E-state index is 12.9. The van der Waals surface area contributed by atoms with Crippen molar-refractivity contribution >= 4 is 34.8 Å². The summed E-state index contributed by atoms with van der Waals surface area (Å²) in [5, 5.41) is 0. The summed E-state index contributed by atoms with van der Waals surface area (Å²) in [6.45, 7) is 0. The van der Waals surface area contributed by atoms with Crippen LogP contribution in [0.15, 0.2) is 0 Å². The molecular weight excluding hydrogens is 317 g/mol. The maximum Gasteiger partial charge on any atom is 0.337 e. The summed E-state index contributed by atoms with van der Waals surface area (Å²) < 4.78 is 61.1. The van der Waals surface area contributed by atoms with Gasteiger partial charge in [-0.2, -0.15) is 8.78 Å². The molecule has 0 spiro atoms. The first-order valence-corrected chi connectivity index (χ1v) is 4.72. The Morgan fingerprint density at radius 1 is 0.706 bits per heavy atom. The predicted octanol–water partition coefficient (Wildman–Crippen LogP) is 4.02. The lowest BCUT2D eigenvalue weighted by Gasteiger charge is -2.12.